The van der Waals surface area contributed by atoms with Crippen LogP contribution in [0.15, 0.2) is 36.5 Å². The lowest BCUT2D eigenvalue weighted by Crippen LogP contribution is -2.41. The number of para-hydroxylation sites is 1. The highest BCUT2D eigenvalue weighted by atomic mass is 32.1. The summed E-state index contributed by atoms with van der Waals surface area (Å²) >= 11 is 1.49. The first-order valence-electron chi connectivity index (χ1n) is 7.49. The minimum absolute atomic E-state index is 0.0615. The predicted molar refractivity (Wildman–Crippen MR) is 89.8 cm³/mol. The minimum Gasteiger partial charge on any atom is -0.375 e. The first kappa shape index (κ1) is 15.0. The summed E-state index contributed by atoms with van der Waals surface area (Å²) in [6.45, 7) is 4.42. The summed E-state index contributed by atoms with van der Waals surface area (Å²) in [5.74, 6) is 0.186. The lowest BCUT2D eigenvalue weighted by molar-refractivity contribution is -0.121. The van der Waals surface area contributed by atoms with Gasteiger partial charge in [0.05, 0.1) is 6.04 Å². The molecule has 2 aromatic rings. The summed E-state index contributed by atoms with van der Waals surface area (Å²) in [5.41, 5.74) is 6.67. The maximum Gasteiger partial charge on any atom is 0.244 e. The first-order valence-corrected chi connectivity index (χ1v) is 8.31. The van der Waals surface area contributed by atoms with E-state index >= 15 is 0 Å². The van der Waals surface area contributed by atoms with Crippen LogP contribution in [0.1, 0.15) is 18.2 Å². The van der Waals surface area contributed by atoms with E-state index in [0.29, 0.717) is 5.13 Å². The molecule has 2 heterocycles. The van der Waals surface area contributed by atoms with E-state index in [1.54, 1.807) is 6.20 Å². The van der Waals surface area contributed by atoms with Crippen molar-refractivity contribution >= 4 is 28.1 Å². The largest absolute Gasteiger partial charge is 0.375 e. The Labute approximate surface area is 134 Å². The highest BCUT2D eigenvalue weighted by Gasteiger charge is 2.36. The zero-order chi connectivity index (χ0) is 15.5. The van der Waals surface area contributed by atoms with Gasteiger partial charge in [0.1, 0.15) is 0 Å². The summed E-state index contributed by atoms with van der Waals surface area (Å²) in [7, 11) is 0. The van der Waals surface area contributed by atoms with Crippen molar-refractivity contribution in [2.24, 2.45) is 0 Å². The average molecular weight is 316 g/mol. The number of hydrogen-bond acceptors (Lipinski definition) is 5. The van der Waals surface area contributed by atoms with E-state index in [2.05, 4.69) is 16.8 Å². The maximum absolute atomic E-state index is 12.7. The van der Waals surface area contributed by atoms with Crippen LogP contribution in [0.2, 0.25) is 0 Å². The van der Waals surface area contributed by atoms with E-state index < -0.39 is 0 Å². The van der Waals surface area contributed by atoms with Crippen LogP contribution in [0.5, 0.6) is 0 Å². The molecule has 22 heavy (non-hydrogen) atoms. The van der Waals surface area contributed by atoms with Gasteiger partial charge in [-0.05, 0) is 25.1 Å². The number of nitrogens with two attached hydrogens (primary N) is 1. The number of amides is 1. The summed E-state index contributed by atoms with van der Waals surface area (Å²) in [6, 6.07) is 9.81. The fourth-order valence-electron chi connectivity index (χ4n) is 2.91. The third kappa shape index (κ3) is 2.98. The predicted octanol–water partition coefficient (Wildman–Crippen LogP) is 2.35. The fraction of sp³-hybridized carbons (Fsp3) is 0.375. The number of carbonyl (C=O) groups is 1. The summed E-state index contributed by atoms with van der Waals surface area (Å²) in [5, 5.41) is 0.578. The number of nitrogen functional groups attached to an aromatic ring is 1. The molecule has 1 saturated heterocycles. The van der Waals surface area contributed by atoms with E-state index in [9.17, 15) is 4.79 Å². The van der Waals surface area contributed by atoms with E-state index in [1.807, 2.05) is 35.2 Å². The van der Waals surface area contributed by atoms with Crippen molar-refractivity contribution in [3.63, 3.8) is 0 Å². The van der Waals surface area contributed by atoms with Crippen LogP contribution in [-0.2, 0) is 11.3 Å². The van der Waals surface area contributed by atoms with Crippen LogP contribution in [0, 0.1) is 0 Å². The van der Waals surface area contributed by atoms with Crippen molar-refractivity contribution < 1.29 is 4.79 Å². The van der Waals surface area contributed by atoms with Gasteiger partial charge in [-0.2, -0.15) is 0 Å². The lowest BCUT2D eigenvalue weighted by atomic mass is 10.2. The number of benzene rings is 1. The van der Waals surface area contributed by atoms with Crippen molar-refractivity contribution in [3.8, 4) is 0 Å². The zero-order valence-electron chi connectivity index (χ0n) is 12.6. The van der Waals surface area contributed by atoms with Gasteiger partial charge in [0.15, 0.2) is 5.13 Å². The van der Waals surface area contributed by atoms with Crippen LogP contribution in [-0.4, -0.2) is 34.9 Å². The molecule has 1 aliphatic heterocycles. The Morgan fingerprint density at radius 1 is 1.41 bits per heavy atom. The van der Waals surface area contributed by atoms with E-state index in [4.69, 9.17) is 5.73 Å². The number of likely N-dealkylation sites (N-methyl/N-ethyl adjacent to an activating group) is 1. The smallest absolute Gasteiger partial charge is 0.244 e. The molecule has 0 radical (unpaired) electrons. The van der Waals surface area contributed by atoms with E-state index in [-0.39, 0.29) is 11.9 Å². The third-order valence-electron chi connectivity index (χ3n) is 4.02. The first-order chi connectivity index (χ1) is 10.7. The molecule has 0 saturated carbocycles. The number of carbonyl (C=O) groups excluding carboxylic acids is 1. The van der Waals surface area contributed by atoms with Crippen molar-refractivity contribution in [2.75, 3.05) is 23.7 Å². The number of rotatable bonds is 5. The van der Waals surface area contributed by atoms with Gasteiger partial charge in [0.2, 0.25) is 5.91 Å². The lowest BCUT2D eigenvalue weighted by Gasteiger charge is -2.26. The maximum atomic E-state index is 12.7. The quantitative estimate of drug-likeness (QED) is 0.920. The molecule has 3 rings (SSSR count). The molecule has 0 aliphatic carbocycles. The summed E-state index contributed by atoms with van der Waals surface area (Å²) < 4.78 is 0. The zero-order valence-corrected chi connectivity index (χ0v) is 13.4. The van der Waals surface area contributed by atoms with Crippen LogP contribution >= 0.6 is 11.3 Å². The third-order valence-corrected chi connectivity index (χ3v) is 4.83. The molecule has 1 aliphatic rings. The molecular weight excluding hydrogens is 296 g/mol. The van der Waals surface area contributed by atoms with Crippen LogP contribution < -0.4 is 10.6 Å². The van der Waals surface area contributed by atoms with Crippen molar-refractivity contribution in [1.29, 1.82) is 0 Å². The second-order valence-electron chi connectivity index (χ2n) is 5.36. The van der Waals surface area contributed by atoms with Gasteiger partial charge < -0.3 is 10.6 Å². The van der Waals surface area contributed by atoms with E-state index in [0.717, 1.165) is 36.6 Å². The Morgan fingerprint density at radius 2 is 2.18 bits per heavy atom. The number of nitrogens with zero attached hydrogens (tertiary/aromatic N) is 3. The van der Waals surface area contributed by atoms with Gasteiger partial charge in [0.25, 0.3) is 0 Å². The number of aromatic nitrogens is 1. The topological polar surface area (TPSA) is 62.5 Å². The molecular formula is C16H20N4OS. The molecule has 116 valence electrons. The van der Waals surface area contributed by atoms with Crippen LogP contribution in [0.3, 0.4) is 0 Å². The molecule has 1 aromatic heterocycles. The Balaban J connectivity index is 1.72. The van der Waals surface area contributed by atoms with Gasteiger partial charge in [-0.3, -0.25) is 9.69 Å². The second kappa shape index (κ2) is 6.46. The highest BCUT2D eigenvalue weighted by Crippen LogP contribution is 2.26. The molecule has 6 heteroatoms. The molecule has 0 spiro atoms. The number of hydrogen-bond donors (Lipinski definition) is 1. The number of thiazole rings is 1. The van der Waals surface area contributed by atoms with Crippen LogP contribution in [0.4, 0.5) is 10.8 Å². The Bertz CT molecular complexity index is 643. The Kier molecular flexibility index (Phi) is 4.40. The minimum atomic E-state index is -0.0615. The molecule has 1 unspecified atom stereocenters. The van der Waals surface area contributed by atoms with Crippen LogP contribution in [0.25, 0.3) is 0 Å². The molecule has 5 nitrogen and oxygen atoms in total. The van der Waals surface area contributed by atoms with Gasteiger partial charge in [-0.25, -0.2) is 4.98 Å². The molecule has 1 fully saturated rings. The van der Waals surface area contributed by atoms with E-state index in [1.165, 1.54) is 11.3 Å². The van der Waals surface area contributed by atoms with Crippen molar-refractivity contribution in [1.82, 2.24) is 9.88 Å². The Hall–Kier alpha value is -1.92. The average Bonchev–Trinajstić information content (AvgIpc) is 3.12. The van der Waals surface area contributed by atoms with Crippen molar-refractivity contribution in [2.45, 2.75) is 25.9 Å². The molecule has 1 amide bonds. The fourth-order valence-corrected chi connectivity index (χ4v) is 3.62. The normalized spacial score (nSPS) is 18.4. The molecule has 1 atom stereocenters. The monoisotopic (exact) mass is 316 g/mol. The van der Waals surface area contributed by atoms with Gasteiger partial charge >= 0.3 is 0 Å². The SMILES string of the molecule is CCN(Cc1cnc(N)s1)C1CCN(c2ccccc2)C1=O. The highest BCUT2D eigenvalue weighted by molar-refractivity contribution is 7.15. The Morgan fingerprint density at radius 3 is 2.82 bits per heavy atom. The van der Waals surface area contributed by atoms with Gasteiger partial charge in [0, 0.05) is 29.9 Å². The molecule has 2 N–H and O–H groups in total. The summed E-state index contributed by atoms with van der Waals surface area (Å²) in [6.07, 6.45) is 2.66. The molecule has 0 bridgehead atoms. The second-order valence-corrected chi connectivity index (χ2v) is 6.50. The standard InChI is InChI=1S/C16H20N4OS/c1-2-19(11-13-10-18-16(17)22-13)14-8-9-20(15(14)21)12-6-4-3-5-7-12/h3-7,10,14H,2,8-9,11H2,1H3,(H2,17,18). The van der Waals surface area contributed by atoms with Crippen molar-refractivity contribution in [3.05, 3.63) is 41.4 Å². The molecule has 1 aromatic carbocycles. The summed E-state index contributed by atoms with van der Waals surface area (Å²) in [4.78, 5) is 22.0. The number of anilines is 2. The van der Waals surface area contributed by atoms with Gasteiger partial charge in [-0.15, -0.1) is 11.3 Å². The van der Waals surface area contributed by atoms with Gasteiger partial charge in [-0.1, -0.05) is 25.1 Å².